The van der Waals surface area contributed by atoms with Crippen LogP contribution in [-0.4, -0.2) is 71.1 Å². The molecule has 2 saturated heterocycles. The summed E-state index contributed by atoms with van der Waals surface area (Å²) < 4.78 is 5.26. The standard InChI is InChI=1S/C29H31N5O4/c1-31-20-26(35)33-25(34(31)29(37)30-17-21-9-5-3-6-10-21)19-32(18-22-13-15-24(38-2)16-14-22)28(36)27(33)23-11-7-4-8-12-23/h3-16,25,27H,17-20H2,1-2H3,(H,30,37)/t25-,27-/m0/s1. The molecule has 0 radical (unpaired) electrons. The van der Waals surface area contributed by atoms with E-state index in [1.165, 1.54) is 0 Å². The smallest absolute Gasteiger partial charge is 0.334 e. The zero-order valence-electron chi connectivity index (χ0n) is 21.5. The Morgan fingerprint density at radius 2 is 1.58 bits per heavy atom. The lowest BCUT2D eigenvalue weighted by molar-refractivity contribution is -0.188. The van der Waals surface area contributed by atoms with Crippen LogP contribution in [0.3, 0.4) is 0 Å². The van der Waals surface area contributed by atoms with Crippen LogP contribution in [0.5, 0.6) is 5.75 Å². The first-order chi connectivity index (χ1) is 18.5. The van der Waals surface area contributed by atoms with Crippen LogP contribution in [0.1, 0.15) is 22.7 Å². The van der Waals surface area contributed by atoms with E-state index in [2.05, 4.69) is 5.32 Å². The van der Waals surface area contributed by atoms with E-state index in [0.29, 0.717) is 18.7 Å². The Balaban J connectivity index is 1.47. The molecule has 196 valence electrons. The number of hydrazine groups is 1. The predicted molar refractivity (Wildman–Crippen MR) is 141 cm³/mol. The Labute approximate surface area is 222 Å². The number of rotatable bonds is 6. The number of benzene rings is 3. The van der Waals surface area contributed by atoms with E-state index in [1.54, 1.807) is 34.0 Å². The fourth-order valence-corrected chi connectivity index (χ4v) is 5.10. The van der Waals surface area contributed by atoms with Crippen LogP contribution >= 0.6 is 0 Å². The van der Waals surface area contributed by atoms with E-state index in [0.717, 1.165) is 16.9 Å². The number of amides is 4. The molecule has 2 atom stereocenters. The largest absolute Gasteiger partial charge is 0.497 e. The average Bonchev–Trinajstić information content (AvgIpc) is 2.94. The number of fused-ring (bicyclic) bond motifs is 1. The molecule has 2 aliphatic rings. The molecule has 3 aromatic rings. The zero-order chi connectivity index (χ0) is 26.6. The number of nitrogens with one attached hydrogen (secondary N) is 1. The fraction of sp³-hybridized carbons (Fsp3) is 0.276. The highest BCUT2D eigenvalue weighted by Crippen LogP contribution is 2.35. The summed E-state index contributed by atoms with van der Waals surface area (Å²) in [4.78, 5) is 44.1. The molecule has 3 aromatic carbocycles. The van der Waals surface area contributed by atoms with Crippen LogP contribution in [-0.2, 0) is 22.7 Å². The van der Waals surface area contributed by atoms with Crippen molar-refractivity contribution in [1.82, 2.24) is 25.1 Å². The molecule has 0 saturated carbocycles. The Kier molecular flexibility index (Phi) is 7.28. The molecule has 1 N–H and O–H groups in total. The lowest BCUT2D eigenvalue weighted by Crippen LogP contribution is -2.73. The zero-order valence-corrected chi connectivity index (χ0v) is 21.5. The number of carbonyl (C=O) groups excluding carboxylic acids is 3. The third-order valence-corrected chi connectivity index (χ3v) is 6.97. The third kappa shape index (κ3) is 5.05. The van der Waals surface area contributed by atoms with Gasteiger partial charge in [0.25, 0.3) is 5.91 Å². The van der Waals surface area contributed by atoms with E-state index in [1.807, 2.05) is 84.9 Å². The second-order valence-corrected chi connectivity index (χ2v) is 9.47. The van der Waals surface area contributed by atoms with Gasteiger partial charge in [-0.05, 0) is 28.8 Å². The van der Waals surface area contributed by atoms with Crippen molar-refractivity contribution in [2.75, 3.05) is 27.2 Å². The number of urea groups is 1. The maximum atomic E-state index is 13.9. The van der Waals surface area contributed by atoms with Crippen molar-refractivity contribution < 1.29 is 19.1 Å². The van der Waals surface area contributed by atoms with Crippen molar-refractivity contribution in [2.24, 2.45) is 0 Å². The number of hydrogen-bond acceptors (Lipinski definition) is 5. The molecular weight excluding hydrogens is 482 g/mol. The second-order valence-electron chi connectivity index (χ2n) is 9.47. The molecule has 2 heterocycles. The first-order valence-electron chi connectivity index (χ1n) is 12.6. The molecular formula is C29H31N5O4. The van der Waals surface area contributed by atoms with Gasteiger partial charge in [0.05, 0.1) is 20.2 Å². The Morgan fingerprint density at radius 3 is 2.24 bits per heavy atom. The highest BCUT2D eigenvalue weighted by molar-refractivity contribution is 5.92. The normalized spacial score (nSPS) is 19.8. The lowest BCUT2D eigenvalue weighted by Gasteiger charge is -2.54. The van der Waals surface area contributed by atoms with E-state index in [9.17, 15) is 14.4 Å². The average molecular weight is 514 g/mol. The molecule has 0 unspecified atom stereocenters. The van der Waals surface area contributed by atoms with Crippen molar-refractivity contribution in [3.8, 4) is 5.75 Å². The summed E-state index contributed by atoms with van der Waals surface area (Å²) in [5.74, 6) is 0.356. The number of hydrogen-bond donors (Lipinski definition) is 1. The minimum atomic E-state index is -0.834. The highest BCUT2D eigenvalue weighted by atomic mass is 16.5. The van der Waals surface area contributed by atoms with Gasteiger partial charge in [-0.15, -0.1) is 0 Å². The molecule has 2 aliphatic heterocycles. The molecule has 2 fully saturated rings. The van der Waals surface area contributed by atoms with E-state index in [4.69, 9.17) is 4.74 Å². The first kappa shape index (κ1) is 25.3. The summed E-state index contributed by atoms with van der Waals surface area (Å²) >= 11 is 0. The topological polar surface area (TPSA) is 85.4 Å². The van der Waals surface area contributed by atoms with Gasteiger partial charge in [0.15, 0.2) is 0 Å². The van der Waals surface area contributed by atoms with Crippen LogP contribution in [0, 0.1) is 0 Å². The molecule has 0 aliphatic carbocycles. The molecule has 0 bridgehead atoms. The van der Waals surface area contributed by atoms with Gasteiger partial charge in [-0.25, -0.2) is 14.8 Å². The van der Waals surface area contributed by atoms with Gasteiger partial charge in [-0.2, -0.15) is 0 Å². The minimum Gasteiger partial charge on any atom is -0.497 e. The predicted octanol–water partition coefficient (Wildman–Crippen LogP) is 3.01. The van der Waals surface area contributed by atoms with Gasteiger partial charge < -0.3 is 19.9 Å². The second kappa shape index (κ2) is 10.9. The van der Waals surface area contributed by atoms with E-state index < -0.39 is 12.2 Å². The van der Waals surface area contributed by atoms with Crippen molar-refractivity contribution in [1.29, 1.82) is 0 Å². The van der Waals surface area contributed by atoms with Gasteiger partial charge in [0, 0.05) is 20.1 Å². The number of methoxy groups -OCH3 is 1. The van der Waals surface area contributed by atoms with E-state index in [-0.39, 0.29) is 30.9 Å². The Morgan fingerprint density at radius 1 is 0.921 bits per heavy atom. The van der Waals surface area contributed by atoms with Crippen LogP contribution in [0.2, 0.25) is 0 Å². The summed E-state index contributed by atoms with van der Waals surface area (Å²) in [6.07, 6.45) is -0.668. The molecule has 38 heavy (non-hydrogen) atoms. The van der Waals surface area contributed by atoms with Gasteiger partial charge in [0.2, 0.25) is 5.91 Å². The third-order valence-electron chi connectivity index (χ3n) is 6.97. The summed E-state index contributed by atoms with van der Waals surface area (Å²) in [6, 6.07) is 25.3. The summed E-state index contributed by atoms with van der Waals surface area (Å²) in [7, 11) is 3.33. The molecule has 5 rings (SSSR count). The molecule has 9 nitrogen and oxygen atoms in total. The Bertz CT molecular complexity index is 1290. The van der Waals surface area contributed by atoms with Crippen LogP contribution in [0.25, 0.3) is 0 Å². The van der Waals surface area contributed by atoms with Gasteiger partial charge >= 0.3 is 6.03 Å². The number of likely N-dealkylation sites (N-methyl/N-ethyl adjacent to an activating group) is 1. The van der Waals surface area contributed by atoms with Gasteiger partial charge in [0.1, 0.15) is 18.0 Å². The maximum Gasteiger partial charge on any atom is 0.334 e. The van der Waals surface area contributed by atoms with Crippen LogP contribution in [0.15, 0.2) is 84.9 Å². The first-order valence-corrected chi connectivity index (χ1v) is 12.6. The SMILES string of the molecule is COc1ccc(CN2C[C@H]3N(C(=O)CN(C)N3C(=O)NCc3ccccc3)[C@@H](c3ccccc3)C2=O)cc1. The van der Waals surface area contributed by atoms with Crippen molar-refractivity contribution in [3.63, 3.8) is 0 Å². The Hall–Kier alpha value is -4.37. The number of ether oxygens (including phenoxy) is 1. The van der Waals surface area contributed by atoms with Crippen molar-refractivity contribution in [2.45, 2.75) is 25.3 Å². The van der Waals surface area contributed by atoms with Crippen LogP contribution in [0.4, 0.5) is 4.79 Å². The number of piperazine rings is 1. The summed E-state index contributed by atoms with van der Waals surface area (Å²) in [5.41, 5.74) is 2.61. The quantitative estimate of drug-likeness (QED) is 0.548. The fourth-order valence-electron chi connectivity index (χ4n) is 5.10. The maximum absolute atomic E-state index is 13.9. The number of nitrogens with zero attached hydrogens (tertiary/aromatic N) is 4. The highest BCUT2D eigenvalue weighted by Gasteiger charge is 2.51. The van der Waals surface area contributed by atoms with E-state index >= 15 is 0 Å². The minimum absolute atomic E-state index is 0.00957. The molecule has 4 amide bonds. The monoisotopic (exact) mass is 513 g/mol. The van der Waals surface area contributed by atoms with Crippen LogP contribution < -0.4 is 10.1 Å². The lowest BCUT2D eigenvalue weighted by atomic mass is 9.98. The molecule has 0 spiro atoms. The number of carbonyl (C=O) groups is 3. The van der Waals surface area contributed by atoms with Crippen molar-refractivity contribution in [3.05, 3.63) is 102 Å². The molecule has 0 aromatic heterocycles. The molecule has 9 heteroatoms. The summed E-state index contributed by atoms with van der Waals surface area (Å²) in [6.45, 7) is 0.864. The van der Waals surface area contributed by atoms with Gasteiger partial charge in [-0.1, -0.05) is 72.8 Å². The van der Waals surface area contributed by atoms with Gasteiger partial charge in [-0.3, -0.25) is 9.59 Å². The van der Waals surface area contributed by atoms with Crippen molar-refractivity contribution >= 4 is 17.8 Å². The summed E-state index contributed by atoms with van der Waals surface area (Å²) in [5, 5.41) is 6.18.